The quantitative estimate of drug-likeness (QED) is 0.159. The third-order valence-electron chi connectivity index (χ3n) is 16.6. The van der Waals surface area contributed by atoms with Gasteiger partial charge in [0.1, 0.15) is 12.7 Å². The summed E-state index contributed by atoms with van der Waals surface area (Å²) in [5, 5.41) is 11.1. The molecular weight excluding hydrogens is 720 g/mol. The highest BCUT2D eigenvalue weighted by Gasteiger charge is 2.72. The molecule has 0 bridgehead atoms. The van der Waals surface area contributed by atoms with Crippen LogP contribution in [0.25, 0.3) is 0 Å². The summed E-state index contributed by atoms with van der Waals surface area (Å²) in [7, 11) is 0. The lowest BCUT2D eigenvalue weighted by molar-refractivity contribution is -0.305. The molecule has 1 aliphatic heterocycles. The van der Waals surface area contributed by atoms with E-state index in [-0.39, 0.29) is 45.5 Å². The van der Waals surface area contributed by atoms with Crippen LogP contribution in [-0.2, 0) is 52.4 Å². The summed E-state index contributed by atoms with van der Waals surface area (Å²) in [5.41, 5.74) is 0.0857. The van der Waals surface area contributed by atoms with Gasteiger partial charge >= 0.3 is 29.8 Å². The first-order valence-electron chi connectivity index (χ1n) is 20.9. The highest BCUT2D eigenvalue weighted by atomic mass is 16.7. The van der Waals surface area contributed by atoms with Gasteiger partial charge in [-0.2, -0.15) is 0 Å². The Balaban J connectivity index is 1.35. The average molecular weight is 787 g/mol. The van der Waals surface area contributed by atoms with E-state index in [0.717, 1.165) is 70.8 Å². The Kier molecular flexibility index (Phi) is 11.4. The molecule has 5 saturated carbocycles. The number of ether oxygens (including phenoxy) is 6. The van der Waals surface area contributed by atoms with Crippen molar-refractivity contribution in [2.45, 2.75) is 170 Å². The third kappa shape index (κ3) is 6.80. The first-order valence-corrected chi connectivity index (χ1v) is 20.9. The van der Waals surface area contributed by atoms with Crippen LogP contribution >= 0.6 is 0 Å². The zero-order valence-electron chi connectivity index (χ0n) is 35.3. The lowest BCUT2D eigenvalue weighted by atomic mass is 9.32. The third-order valence-corrected chi connectivity index (χ3v) is 16.6. The van der Waals surface area contributed by atoms with E-state index in [1.807, 2.05) is 0 Å². The Hall–Kier alpha value is -2.99. The van der Waals surface area contributed by atoms with E-state index >= 15 is 4.79 Å². The van der Waals surface area contributed by atoms with Crippen LogP contribution in [0.1, 0.15) is 133 Å². The Morgan fingerprint density at radius 1 is 0.661 bits per heavy atom. The largest absolute Gasteiger partial charge is 0.463 e. The molecule has 0 radical (unpaired) electrons. The predicted molar refractivity (Wildman–Crippen MR) is 203 cm³/mol. The van der Waals surface area contributed by atoms with E-state index in [2.05, 4.69) is 48.1 Å². The van der Waals surface area contributed by atoms with Crippen LogP contribution in [0, 0.1) is 56.7 Å². The summed E-state index contributed by atoms with van der Waals surface area (Å²) in [6.45, 7) is 22.8. The Bertz CT molecular complexity index is 1610. The molecule has 1 heterocycles. The van der Waals surface area contributed by atoms with Gasteiger partial charge in [0.15, 0.2) is 12.2 Å². The summed E-state index contributed by atoms with van der Waals surface area (Å²) >= 11 is 0. The van der Waals surface area contributed by atoms with Gasteiger partial charge in [-0.25, -0.2) is 0 Å². The molecule has 12 nitrogen and oxygen atoms in total. The van der Waals surface area contributed by atoms with Gasteiger partial charge in [0, 0.05) is 27.7 Å². The lowest BCUT2D eigenvalue weighted by Gasteiger charge is -2.72. The normalized spacial score (nSPS) is 45.0. The van der Waals surface area contributed by atoms with Crippen LogP contribution in [0.2, 0.25) is 0 Å². The number of hydrogen-bond acceptors (Lipinski definition) is 12. The van der Waals surface area contributed by atoms with Gasteiger partial charge in [-0.15, -0.1) is 0 Å². The molecule has 56 heavy (non-hydrogen) atoms. The molecule has 15 atom stereocenters. The molecule has 0 unspecified atom stereocenters. The van der Waals surface area contributed by atoms with Gasteiger partial charge in [-0.05, 0) is 122 Å². The molecular formula is C44H66O12. The number of hydrogen-bond donors (Lipinski definition) is 1. The van der Waals surface area contributed by atoms with Crippen molar-refractivity contribution in [3.63, 3.8) is 0 Å². The fourth-order valence-corrected chi connectivity index (χ4v) is 14.0. The second-order valence-electron chi connectivity index (χ2n) is 19.7. The van der Waals surface area contributed by atoms with Crippen molar-refractivity contribution in [3.8, 4) is 0 Å². The monoisotopic (exact) mass is 786 g/mol. The van der Waals surface area contributed by atoms with Crippen molar-refractivity contribution >= 4 is 29.8 Å². The van der Waals surface area contributed by atoms with E-state index < -0.39 is 72.6 Å². The highest BCUT2D eigenvalue weighted by molar-refractivity contribution is 5.79. The first-order chi connectivity index (χ1) is 26.0. The molecule has 0 aromatic heterocycles. The summed E-state index contributed by atoms with van der Waals surface area (Å²) < 4.78 is 34.7. The maximum atomic E-state index is 15.1. The number of allylic oxidation sites excluding steroid dienone is 1. The average Bonchev–Trinajstić information content (AvgIpc) is 3.49. The molecule has 6 fully saturated rings. The van der Waals surface area contributed by atoms with Crippen molar-refractivity contribution in [2.75, 3.05) is 6.61 Å². The minimum atomic E-state index is -1.57. The van der Waals surface area contributed by atoms with Gasteiger partial charge in [-0.3, -0.25) is 24.0 Å². The molecule has 6 rings (SSSR count). The maximum absolute atomic E-state index is 15.1. The first kappa shape index (κ1) is 42.6. The summed E-state index contributed by atoms with van der Waals surface area (Å²) in [4.78, 5) is 64.3. The molecule has 0 spiro atoms. The molecule has 1 saturated heterocycles. The fourth-order valence-electron chi connectivity index (χ4n) is 14.0. The molecule has 1 N–H and O–H groups in total. The van der Waals surface area contributed by atoms with Crippen molar-refractivity contribution in [3.05, 3.63) is 12.2 Å². The van der Waals surface area contributed by atoms with Gasteiger partial charge in [0.05, 0.1) is 11.5 Å². The van der Waals surface area contributed by atoms with Crippen molar-refractivity contribution < 1.29 is 57.5 Å². The summed E-state index contributed by atoms with van der Waals surface area (Å²) in [5.74, 6) is -2.17. The Morgan fingerprint density at radius 2 is 1.29 bits per heavy atom. The molecule has 6 aliphatic rings. The molecule has 12 heteroatoms. The standard InChI is InChI=1S/C44H66O12/c1-23(2)28-14-19-44(39(50)56-38-37(54-27(6)48)36(53-26(5)47)35(52-25(4)46)30(55-38)22-51-24(3)45)21-20-42(10)29(34(28)44)12-13-32-41(9)17-16-33(49)40(7,8)31(41)15-18-43(32,42)11/h28-38,49H,1,12-22H2,2-11H3/t28-,29+,30+,31-,32+,33-,34+,35+,36-,37+,38-,41-,42+,43+,44-/m0/s1. The maximum Gasteiger partial charge on any atom is 0.314 e. The molecule has 0 aromatic carbocycles. The number of aliphatic hydroxyl groups is 1. The van der Waals surface area contributed by atoms with Gasteiger partial charge in [0.2, 0.25) is 12.4 Å². The van der Waals surface area contributed by atoms with E-state index in [0.29, 0.717) is 24.7 Å². The SMILES string of the molecule is C=C(C)[C@@H]1CC[C@]2(C(=O)O[C@@H]3O[C@H](COC(C)=O)[C@@H](OC(C)=O)[C@H](OC(C)=O)[C@H]3OC(C)=O)CC[C@]3(C)[C@H](CC[C@@H]4[C@@]5(C)CC[C@H](O)C(C)(C)[C@@H]5CC[C@]43C)[C@@H]12. The summed E-state index contributed by atoms with van der Waals surface area (Å²) in [6.07, 6.45) is 1.50. The van der Waals surface area contributed by atoms with E-state index in [9.17, 15) is 24.3 Å². The van der Waals surface area contributed by atoms with Crippen LogP contribution in [0.3, 0.4) is 0 Å². The second-order valence-corrected chi connectivity index (χ2v) is 19.7. The smallest absolute Gasteiger partial charge is 0.314 e. The number of esters is 5. The van der Waals surface area contributed by atoms with Crippen molar-refractivity contribution in [1.82, 2.24) is 0 Å². The van der Waals surface area contributed by atoms with Crippen LogP contribution in [0.5, 0.6) is 0 Å². The number of fused-ring (bicyclic) bond motifs is 7. The lowest BCUT2D eigenvalue weighted by Crippen LogP contribution is -2.67. The Labute approximate surface area is 332 Å². The van der Waals surface area contributed by atoms with Gasteiger partial charge < -0.3 is 33.5 Å². The zero-order valence-corrected chi connectivity index (χ0v) is 35.3. The molecule has 314 valence electrons. The molecule has 5 aliphatic carbocycles. The minimum Gasteiger partial charge on any atom is -0.463 e. The number of aliphatic hydroxyl groups excluding tert-OH is 1. The van der Waals surface area contributed by atoms with Crippen molar-refractivity contribution in [1.29, 1.82) is 0 Å². The topological polar surface area (TPSA) is 161 Å². The number of rotatable bonds is 8. The second kappa shape index (κ2) is 15.0. The van der Waals surface area contributed by atoms with Crippen LogP contribution in [0.4, 0.5) is 0 Å². The Morgan fingerprint density at radius 3 is 1.89 bits per heavy atom. The van der Waals surface area contributed by atoms with Crippen LogP contribution in [-0.4, -0.2) is 78.4 Å². The summed E-state index contributed by atoms with van der Waals surface area (Å²) in [6, 6.07) is 0. The number of carbonyl (C=O) groups excluding carboxylic acids is 5. The van der Waals surface area contributed by atoms with Gasteiger partial charge in [0.25, 0.3) is 0 Å². The van der Waals surface area contributed by atoms with E-state index in [4.69, 9.17) is 28.4 Å². The predicted octanol–water partition coefficient (Wildman–Crippen LogP) is 6.63. The van der Waals surface area contributed by atoms with Crippen molar-refractivity contribution in [2.24, 2.45) is 56.7 Å². The molecule has 0 amide bonds. The fraction of sp³-hybridized carbons (Fsp3) is 0.841. The van der Waals surface area contributed by atoms with E-state index in [1.165, 1.54) is 13.8 Å². The van der Waals surface area contributed by atoms with Crippen LogP contribution < -0.4 is 0 Å². The highest BCUT2D eigenvalue weighted by Crippen LogP contribution is 2.77. The van der Waals surface area contributed by atoms with Gasteiger partial charge in [-0.1, -0.05) is 46.8 Å². The number of carbonyl (C=O) groups is 5. The van der Waals surface area contributed by atoms with E-state index in [1.54, 1.807) is 0 Å². The zero-order chi connectivity index (χ0) is 41.3. The minimum absolute atomic E-state index is 0.0254. The van der Waals surface area contributed by atoms with Crippen LogP contribution in [0.15, 0.2) is 12.2 Å². The molecule has 0 aromatic rings.